The van der Waals surface area contributed by atoms with Crippen LogP contribution in [0.5, 0.6) is 11.5 Å². The summed E-state index contributed by atoms with van der Waals surface area (Å²) in [7, 11) is 3.29. The lowest BCUT2D eigenvalue weighted by Crippen LogP contribution is -2.28. The summed E-state index contributed by atoms with van der Waals surface area (Å²) in [5, 5.41) is 3.38. The van der Waals surface area contributed by atoms with E-state index in [2.05, 4.69) is 40.8 Å². The van der Waals surface area contributed by atoms with Crippen LogP contribution in [0.25, 0.3) is 0 Å². The number of halogens is 1. The fraction of sp³-hybridized carbons (Fsp3) is 0.429. The number of hydrogen-bond acceptors (Lipinski definition) is 3. The van der Waals surface area contributed by atoms with Crippen LogP contribution in [-0.2, 0) is 6.42 Å². The third-order valence-corrected chi connectivity index (χ3v) is 2.91. The highest BCUT2D eigenvalue weighted by molar-refractivity contribution is 9.11. The molecule has 1 rings (SSSR count). The lowest BCUT2D eigenvalue weighted by Gasteiger charge is -2.15. The first-order chi connectivity index (χ1) is 8.56. The Morgan fingerprint density at radius 2 is 2.00 bits per heavy atom. The highest BCUT2D eigenvalue weighted by Crippen LogP contribution is 2.27. The van der Waals surface area contributed by atoms with E-state index >= 15 is 0 Å². The first-order valence-corrected chi connectivity index (χ1v) is 6.63. The average molecular weight is 314 g/mol. The smallest absolute Gasteiger partial charge is 0.160 e. The molecule has 18 heavy (non-hydrogen) atoms. The zero-order chi connectivity index (χ0) is 13.5. The van der Waals surface area contributed by atoms with Crippen molar-refractivity contribution in [2.75, 3.05) is 20.8 Å². The Balaban J connectivity index is 2.64. The highest BCUT2D eigenvalue weighted by Gasteiger charge is 2.07. The summed E-state index contributed by atoms with van der Waals surface area (Å²) in [5.41, 5.74) is 1.22. The van der Waals surface area contributed by atoms with Crippen LogP contribution in [0.3, 0.4) is 0 Å². The summed E-state index contributed by atoms with van der Waals surface area (Å²) in [5.74, 6) is 1.53. The van der Waals surface area contributed by atoms with Crippen LogP contribution < -0.4 is 14.8 Å². The molecule has 0 heterocycles. The minimum Gasteiger partial charge on any atom is -0.493 e. The van der Waals surface area contributed by atoms with Crippen LogP contribution >= 0.6 is 15.9 Å². The van der Waals surface area contributed by atoms with Crippen molar-refractivity contribution in [2.24, 2.45) is 0 Å². The van der Waals surface area contributed by atoms with Crippen molar-refractivity contribution in [3.8, 4) is 11.5 Å². The molecule has 1 aromatic carbocycles. The molecule has 0 aliphatic rings. The Bertz CT molecular complexity index is 407. The second-order valence-electron chi connectivity index (χ2n) is 4.19. The summed E-state index contributed by atoms with van der Waals surface area (Å²) >= 11 is 3.34. The largest absolute Gasteiger partial charge is 0.493 e. The molecule has 0 saturated heterocycles. The number of methoxy groups -OCH3 is 2. The van der Waals surface area contributed by atoms with Gasteiger partial charge in [0.25, 0.3) is 0 Å². The zero-order valence-corrected chi connectivity index (χ0v) is 12.7. The van der Waals surface area contributed by atoms with Gasteiger partial charge in [0.05, 0.1) is 14.2 Å². The summed E-state index contributed by atoms with van der Waals surface area (Å²) in [6, 6.07) is 6.38. The van der Waals surface area contributed by atoms with Gasteiger partial charge in [-0.15, -0.1) is 0 Å². The first kappa shape index (κ1) is 15.1. The minimum atomic E-state index is 0.373. The van der Waals surface area contributed by atoms with Gasteiger partial charge in [0, 0.05) is 17.1 Å². The van der Waals surface area contributed by atoms with Crippen molar-refractivity contribution in [3.63, 3.8) is 0 Å². The molecule has 0 bridgehead atoms. The Morgan fingerprint density at radius 3 is 2.56 bits per heavy atom. The van der Waals surface area contributed by atoms with Crippen molar-refractivity contribution >= 4 is 15.9 Å². The number of nitrogens with one attached hydrogen (secondary N) is 1. The van der Waals surface area contributed by atoms with Crippen LogP contribution in [0.2, 0.25) is 0 Å². The fourth-order valence-electron chi connectivity index (χ4n) is 1.72. The Labute approximate surface area is 117 Å². The Hall–Kier alpha value is -1.00. The van der Waals surface area contributed by atoms with Crippen LogP contribution in [0.4, 0.5) is 0 Å². The van der Waals surface area contributed by atoms with Crippen molar-refractivity contribution < 1.29 is 9.47 Å². The van der Waals surface area contributed by atoms with Crippen LogP contribution in [0.15, 0.2) is 29.3 Å². The van der Waals surface area contributed by atoms with E-state index in [1.807, 2.05) is 12.1 Å². The van der Waals surface area contributed by atoms with E-state index in [-0.39, 0.29) is 0 Å². The SMILES string of the molecule is C=C(Br)CNC(C)Cc1ccc(OC)c(OC)c1. The molecule has 1 atom stereocenters. The lowest BCUT2D eigenvalue weighted by molar-refractivity contribution is 0.354. The molecule has 0 aliphatic heterocycles. The Kier molecular flexibility index (Phi) is 6.22. The number of hydrogen-bond donors (Lipinski definition) is 1. The maximum atomic E-state index is 5.29. The topological polar surface area (TPSA) is 30.5 Å². The highest BCUT2D eigenvalue weighted by atomic mass is 79.9. The van der Waals surface area contributed by atoms with Crippen molar-refractivity contribution in [3.05, 3.63) is 34.8 Å². The maximum absolute atomic E-state index is 5.29. The minimum absolute atomic E-state index is 0.373. The average Bonchev–Trinajstić information content (AvgIpc) is 2.36. The van der Waals surface area contributed by atoms with E-state index in [0.717, 1.165) is 28.9 Å². The quantitative estimate of drug-likeness (QED) is 0.839. The van der Waals surface area contributed by atoms with Gasteiger partial charge in [0.15, 0.2) is 11.5 Å². The third kappa shape index (κ3) is 4.70. The number of benzene rings is 1. The molecule has 100 valence electrons. The molecular formula is C14H20BrNO2. The van der Waals surface area contributed by atoms with Crippen LogP contribution in [0, 0.1) is 0 Å². The summed E-state index contributed by atoms with van der Waals surface area (Å²) in [6.07, 6.45) is 0.931. The summed E-state index contributed by atoms with van der Waals surface area (Å²) < 4.78 is 11.5. The second kappa shape index (κ2) is 7.44. The predicted octanol–water partition coefficient (Wildman–Crippen LogP) is 3.13. The lowest BCUT2D eigenvalue weighted by atomic mass is 10.1. The van der Waals surface area contributed by atoms with Gasteiger partial charge in [-0.25, -0.2) is 0 Å². The van der Waals surface area contributed by atoms with E-state index in [4.69, 9.17) is 9.47 Å². The van der Waals surface area contributed by atoms with E-state index in [1.165, 1.54) is 5.56 Å². The molecule has 0 saturated carbocycles. The molecule has 1 unspecified atom stereocenters. The molecule has 0 aromatic heterocycles. The molecule has 4 heteroatoms. The van der Waals surface area contributed by atoms with Gasteiger partial charge in [0.1, 0.15) is 0 Å². The van der Waals surface area contributed by atoms with Crippen molar-refractivity contribution in [1.82, 2.24) is 5.32 Å². The maximum Gasteiger partial charge on any atom is 0.160 e. The molecule has 0 amide bonds. The van der Waals surface area contributed by atoms with E-state index < -0.39 is 0 Å². The normalized spacial score (nSPS) is 12.0. The van der Waals surface area contributed by atoms with Gasteiger partial charge < -0.3 is 14.8 Å². The molecule has 0 fully saturated rings. The molecule has 3 nitrogen and oxygen atoms in total. The van der Waals surface area contributed by atoms with Crippen LogP contribution in [-0.4, -0.2) is 26.8 Å². The standard InChI is InChI=1S/C14H20BrNO2/c1-10(15)9-16-11(2)7-12-5-6-13(17-3)14(8-12)18-4/h5-6,8,11,16H,1,7,9H2,2-4H3. The monoisotopic (exact) mass is 313 g/mol. The second-order valence-corrected chi connectivity index (χ2v) is 5.31. The van der Waals surface area contributed by atoms with Gasteiger partial charge in [0.2, 0.25) is 0 Å². The molecular weight excluding hydrogens is 294 g/mol. The van der Waals surface area contributed by atoms with Gasteiger partial charge in [-0.2, -0.15) is 0 Å². The first-order valence-electron chi connectivity index (χ1n) is 5.84. The molecule has 0 spiro atoms. The van der Waals surface area contributed by atoms with Gasteiger partial charge in [-0.05, 0) is 31.0 Å². The Morgan fingerprint density at radius 1 is 1.33 bits per heavy atom. The van der Waals surface area contributed by atoms with Crippen molar-refractivity contribution in [1.29, 1.82) is 0 Å². The molecule has 0 aliphatic carbocycles. The van der Waals surface area contributed by atoms with Gasteiger partial charge in [-0.3, -0.25) is 0 Å². The molecule has 0 radical (unpaired) electrons. The van der Waals surface area contributed by atoms with E-state index in [0.29, 0.717) is 6.04 Å². The predicted molar refractivity (Wildman–Crippen MR) is 78.8 cm³/mol. The molecule has 1 N–H and O–H groups in total. The van der Waals surface area contributed by atoms with E-state index in [9.17, 15) is 0 Å². The third-order valence-electron chi connectivity index (χ3n) is 2.63. The number of rotatable bonds is 7. The fourth-order valence-corrected chi connectivity index (χ4v) is 1.88. The van der Waals surface area contributed by atoms with Crippen LogP contribution in [0.1, 0.15) is 12.5 Å². The van der Waals surface area contributed by atoms with E-state index in [1.54, 1.807) is 14.2 Å². The van der Waals surface area contributed by atoms with Crippen molar-refractivity contribution in [2.45, 2.75) is 19.4 Å². The summed E-state index contributed by atoms with van der Waals surface area (Å²) in [4.78, 5) is 0. The summed E-state index contributed by atoms with van der Waals surface area (Å²) in [6.45, 7) is 6.72. The number of ether oxygens (including phenoxy) is 2. The molecule has 1 aromatic rings. The zero-order valence-electron chi connectivity index (χ0n) is 11.1. The van der Waals surface area contributed by atoms with Gasteiger partial charge in [-0.1, -0.05) is 28.6 Å². The van der Waals surface area contributed by atoms with Gasteiger partial charge >= 0.3 is 0 Å².